The molecule has 1 aromatic rings. The minimum atomic E-state index is 0.548. The van der Waals surface area contributed by atoms with Crippen LogP contribution in [-0.4, -0.2) is 36.8 Å². The third-order valence-electron chi connectivity index (χ3n) is 2.84. The molecule has 1 aliphatic rings. The molecule has 0 saturated carbocycles. The number of rotatable bonds is 5. The molecule has 2 rings (SSSR count). The molecule has 1 atom stereocenters. The number of nitrogens with one attached hydrogen (secondary N) is 2. The third-order valence-corrected chi connectivity index (χ3v) is 3.11. The van der Waals surface area contributed by atoms with E-state index >= 15 is 0 Å². The van der Waals surface area contributed by atoms with Crippen molar-refractivity contribution in [3.05, 3.63) is 11.2 Å². The number of anilines is 2. The van der Waals surface area contributed by atoms with Crippen LogP contribution in [0.4, 0.5) is 11.8 Å². The van der Waals surface area contributed by atoms with Crippen molar-refractivity contribution in [3.8, 4) is 0 Å². The van der Waals surface area contributed by atoms with E-state index in [1.807, 2.05) is 0 Å². The van der Waals surface area contributed by atoms with Crippen molar-refractivity contribution >= 4 is 23.4 Å². The van der Waals surface area contributed by atoms with Crippen LogP contribution in [0.5, 0.6) is 0 Å². The third kappa shape index (κ3) is 3.44. The number of hydrogen-bond acceptors (Lipinski definition) is 5. The first-order valence-electron chi connectivity index (χ1n) is 5.81. The van der Waals surface area contributed by atoms with Crippen molar-refractivity contribution < 1.29 is 4.74 Å². The maximum absolute atomic E-state index is 6.01. The molecule has 0 amide bonds. The van der Waals surface area contributed by atoms with Gasteiger partial charge in [0.15, 0.2) is 0 Å². The summed E-state index contributed by atoms with van der Waals surface area (Å²) in [5, 5.41) is 6.67. The minimum absolute atomic E-state index is 0.548. The van der Waals surface area contributed by atoms with E-state index in [2.05, 4.69) is 20.6 Å². The average Bonchev–Trinajstić information content (AvgIpc) is 2.84. The zero-order valence-electron chi connectivity index (χ0n) is 9.87. The quantitative estimate of drug-likeness (QED) is 0.844. The molecule has 2 N–H and O–H groups in total. The highest BCUT2D eigenvalue weighted by Crippen LogP contribution is 2.20. The molecule has 1 aliphatic heterocycles. The lowest BCUT2D eigenvalue weighted by Gasteiger charge is -2.10. The Bertz CT molecular complexity index is 368. The van der Waals surface area contributed by atoms with Crippen LogP contribution >= 0.6 is 11.6 Å². The highest BCUT2D eigenvalue weighted by Gasteiger charge is 2.15. The number of halogens is 1. The largest absolute Gasteiger partial charge is 0.381 e. The van der Waals surface area contributed by atoms with Crippen LogP contribution in [0, 0.1) is 5.92 Å². The summed E-state index contributed by atoms with van der Waals surface area (Å²) in [7, 11) is 1.78. The first-order chi connectivity index (χ1) is 8.29. The zero-order chi connectivity index (χ0) is 12.1. The Morgan fingerprint density at radius 2 is 2.47 bits per heavy atom. The molecule has 0 radical (unpaired) electrons. The smallest absolute Gasteiger partial charge is 0.224 e. The number of hydrogen-bond donors (Lipinski definition) is 2. The van der Waals surface area contributed by atoms with E-state index in [1.165, 1.54) is 0 Å². The van der Waals surface area contributed by atoms with E-state index in [9.17, 15) is 0 Å². The van der Waals surface area contributed by atoms with Crippen molar-refractivity contribution in [2.75, 3.05) is 37.4 Å². The highest BCUT2D eigenvalue weighted by molar-refractivity contribution is 6.32. The van der Waals surface area contributed by atoms with Gasteiger partial charge in [0.05, 0.1) is 6.20 Å². The van der Waals surface area contributed by atoms with Crippen LogP contribution < -0.4 is 10.6 Å². The topological polar surface area (TPSA) is 59.1 Å². The maximum Gasteiger partial charge on any atom is 0.224 e. The molecule has 0 spiro atoms. The molecule has 1 fully saturated rings. The fourth-order valence-corrected chi connectivity index (χ4v) is 1.98. The Balaban J connectivity index is 1.84. The first kappa shape index (κ1) is 12.4. The van der Waals surface area contributed by atoms with Crippen molar-refractivity contribution in [1.29, 1.82) is 0 Å². The lowest BCUT2D eigenvalue weighted by Crippen LogP contribution is -2.11. The van der Waals surface area contributed by atoms with E-state index in [0.29, 0.717) is 22.7 Å². The van der Waals surface area contributed by atoms with Gasteiger partial charge in [-0.05, 0) is 18.8 Å². The second-order valence-corrected chi connectivity index (χ2v) is 4.49. The van der Waals surface area contributed by atoms with Gasteiger partial charge in [-0.3, -0.25) is 0 Å². The van der Waals surface area contributed by atoms with E-state index in [-0.39, 0.29) is 0 Å². The number of aromatic nitrogens is 2. The van der Waals surface area contributed by atoms with E-state index in [4.69, 9.17) is 16.3 Å². The van der Waals surface area contributed by atoms with Crippen LogP contribution in [0.15, 0.2) is 6.20 Å². The van der Waals surface area contributed by atoms with Gasteiger partial charge in [-0.25, -0.2) is 4.98 Å². The summed E-state index contributed by atoms with van der Waals surface area (Å²) < 4.78 is 5.33. The van der Waals surface area contributed by atoms with Crippen molar-refractivity contribution in [1.82, 2.24) is 9.97 Å². The molecule has 17 heavy (non-hydrogen) atoms. The fourth-order valence-electron chi connectivity index (χ4n) is 1.82. The van der Waals surface area contributed by atoms with Gasteiger partial charge in [0.1, 0.15) is 10.8 Å². The van der Waals surface area contributed by atoms with Gasteiger partial charge in [0, 0.05) is 26.8 Å². The zero-order valence-corrected chi connectivity index (χ0v) is 10.6. The second-order valence-electron chi connectivity index (χ2n) is 4.09. The Morgan fingerprint density at radius 1 is 1.59 bits per heavy atom. The normalized spacial score (nSPS) is 19.3. The van der Waals surface area contributed by atoms with Gasteiger partial charge in [0.2, 0.25) is 5.95 Å². The summed E-state index contributed by atoms with van der Waals surface area (Å²) in [6, 6.07) is 0. The highest BCUT2D eigenvalue weighted by atomic mass is 35.5. The van der Waals surface area contributed by atoms with Gasteiger partial charge < -0.3 is 15.4 Å². The van der Waals surface area contributed by atoms with Crippen LogP contribution in [-0.2, 0) is 4.74 Å². The summed E-state index contributed by atoms with van der Waals surface area (Å²) in [4.78, 5) is 8.29. The van der Waals surface area contributed by atoms with E-state index in [0.717, 1.165) is 32.6 Å². The molecule has 0 bridgehead atoms. The second kappa shape index (κ2) is 6.02. The molecule has 2 heterocycles. The maximum atomic E-state index is 6.01. The molecular formula is C11H17ClN4O. The Labute approximate surface area is 106 Å². The minimum Gasteiger partial charge on any atom is -0.381 e. The summed E-state index contributed by atoms with van der Waals surface area (Å²) >= 11 is 6.01. The van der Waals surface area contributed by atoms with Gasteiger partial charge in [0.25, 0.3) is 0 Å². The van der Waals surface area contributed by atoms with Gasteiger partial charge >= 0.3 is 0 Å². The fraction of sp³-hybridized carbons (Fsp3) is 0.636. The summed E-state index contributed by atoms with van der Waals surface area (Å²) in [6.45, 7) is 2.62. The molecule has 0 aliphatic carbocycles. The van der Waals surface area contributed by atoms with Crippen molar-refractivity contribution in [2.24, 2.45) is 5.92 Å². The lowest BCUT2D eigenvalue weighted by molar-refractivity contribution is 0.185. The molecule has 1 unspecified atom stereocenters. The standard InChI is InChI=1S/C11H17ClN4O/c1-13-11-15-6-9(12)10(16-11)14-4-2-8-3-5-17-7-8/h6,8H,2-5,7H2,1H3,(H2,13,14,15,16). The molecule has 0 aromatic carbocycles. The molecule has 1 saturated heterocycles. The van der Waals surface area contributed by atoms with Crippen molar-refractivity contribution in [3.63, 3.8) is 0 Å². The van der Waals surface area contributed by atoms with E-state index in [1.54, 1.807) is 13.2 Å². The molecule has 1 aromatic heterocycles. The number of ether oxygens (including phenoxy) is 1. The van der Waals surface area contributed by atoms with Crippen molar-refractivity contribution in [2.45, 2.75) is 12.8 Å². The first-order valence-corrected chi connectivity index (χ1v) is 6.19. The molecule has 94 valence electrons. The predicted molar refractivity (Wildman–Crippen MR) is 68.6 cm³/mol. The van der Waals surface area contributed by atoms with Crippen LogP contribution in [0.25, 0.3) is 0 Å². The van der Waals surface area contributed by atoms with Gasteiger partial charge in [-0.15, -0.1) is 0 Å². The van der Waals surface area contributed by atoms with Crippen LogP contribution in [0.1, 0.15) is 12.8 Å². The summed E-state index contributed by atoms with van der Waals surface area (Å²) in [5.41, 5.74) is 0. The summed E-state index contributed by atoms with van der Waals surface area (Å²) in [5.74, 6) is 1.91. The lowest BCUT2D eigenvalue weighted by atomic mass is 10.1. The molecular weight excluding hydrogens is 240 g/mol. The van der Waals surface area contributed by atoms with Gasteiger partial charge in [-0.2, -0.15) is 4.98 Å². The predicted octanol–water partition coefficient (Wildman–Crippen LogP) is 2.01. The monoisotopic (exact) mass is 256 g/mol. The SMILES string of the molecule is CNc1ncc(Cl)c(NCCC2CCOC2)n1. The van der Waals surface area contributed by atoms with Crippen LogP contribution in [0.3, 0.4) is 0 Å². The molecule has 6 heteroatoms. The average molecular weight is 257 g/mol. The van der Waals surface area contributed by atoms with Crippen LogP contribution in [0.2, 0.25) is 5.02 Å². The number of nitrogens with zero attached hydrogens (tertiary/aromatic N) is 2. The van der Waals surface area contributed by atoms with Gasteiger partial charge in [-0.1, -0.05) is 11.6 Å². The Kier molecular flexibility index (Phi) is 4.39. The Morgan fingerprint density at radius 3 is 3.18 bits per heavy atom. The molecule has 5 nitrogen and oxygen atoms in total. The Hall–Kier alpha value is -1.07. The summed E-state index contributed by atoms with van der Waals surface area (Å²) in [6.07, 6.45) is 3.83. The van der Waals surface area contributed by atoms with E-state index < -0.39 is 0 Å².